The lowest BCUT2D eigenvalue weighted by Gasteiger charge is -2.31. The number of hydrogen-bond acceptors (Lipinski definition) is 2. The minimum atomic E-state index is -2.50. The molecular formula is C27H24F2N4. The summed E-state index contributed by atoms with van der Waals surface area (Å²) in [6.07, 6.45) is 5.76. The molecule has 1 aliphatic rings. The largest absolute Gasteiger partial charge is 0.361 e. The fourth-order valence-corrected chi connectivity index (χ4v) is 4.72. The minimum absolute atomic E-state index is 0.0488. The van der Waals surface area contributed by atoms with Crippen molar-refractivity contribution in [1.29, 1.82) is 0 Å². The summed E-state index contributed by atoms with van der Waals surface area (Å²) < 4.78 is 26.8. The van der Waals surface area contributed by atoms with Crippen molar-refractivity contribution < 1.29 is 8.78 Å². The third-order valence-corrected chi connectivity index (χ3v) is 6.68. The van der Waals surface area contributed by atoms with E-state index in [1.807, 2.05) is 18.6 Å². The van der Waals surface area contributed by atoms with Gasteiger partial charge in [-0.2, -0.15) is 0 Å². The van der Waals surface area contributed by atoms with Gasteiger partial charge in [0.1, 0.15) is 5.65 Å². The van der Waals surface area contributed by atoms with Gasteiger partial charge in [-0.15, -0.1) is 0 Å². The van der Waals surface area contributed by atoms with E-state index >= 15 is 0 Å². The van der Waals surface area contributed by atoms with Gasteiger partial charge in [-0.3, -0.25) is 4.90 Å². The first-order valence-corrected chi connectivity index (χ1v) is 11.3. The molecule has 4 heterocycles. The molecule has 0 saturated carbocycles. The highest BCUT2D eigenvalue weighted by Gasteiger charge is 2.33. The number of aromatic amines is 2. The lowest BCUT2D eigenvalue weighted by molar-refractivity contribution is -0.0566. The van der Waals surface area contributed by atoms with Crippen molar-refractivity contribution in [3.8, 4) is 22.3 Å². The second-order valence-electron chi connectivity index (χ2n) is 8.93. The van der Waals surface area contributed by atoms with Crippen LogP contribution in [0.2, 0.25) is 0 Å². The van der Waals surface area contributed by atoms with Crippen molar-refractivity contribution in [2.45, 2.75) is 25.3 Å². The first kappa shape index (κ1) is 20.1. The molecule has 1 fully saturated rings. The number of pyridine rings is 1. The van der Waals surface area contributed by atoms with Crippen molar-refractivity contribution >= 4 is 21.9 Å². The van der Waals surface area contributed by atoms with Crippen LogP contribution in [-0.2, 0) is 6.54 Å². The van der Waals surface area contributed by atoms with Crippen molar-refractivity contribution in [1.82, 2.24) is 19.9 Å². The number of halogens is 2. The number of piperidine rings is 1. The summed E-state index contributed by atoms with van der Waals surface area (Å²) in [5.41, 5.74) is 7.54. The second-order valence-corrected chi connectivity index (χ2v) is 8.93. The summed E-state index contributed by atoms with van der Waals surface area (Å²) >= 11 is 0. The van der Waals surface area contributed by atoms with Crippen molar-refractivity contribution in [2.75, 3.05) is 13.1 Å². The van der Waals surface area contributed by atoms with Crippen LogP contribution in [0.25, 0.3) is 44.2 Å². The fraction of sp³-hybridized carbons (Fsp3) is 0.222. The zero-order valence-corrected chi connectivity index (χ0v) is 18.1. The van der Waals surface area contributed by atoms with Crippen molar-refractivity contribution in [3.63, 3.8) is 0 Å². The Morgan fingerprint density at radius 2 is 1.67 bits per heavy atom. The highest BCUT2D eigenvalue weighted by Crippen LogP contribution is 2.33. The molecular weight excluding hydrogens is 418 g/mol. The molecule has 33 heavy (non-hydrogen) atoms. The van der Waals surface area contributed by atoms with Crippen LogP contribution in [0, 0.1) is 0 Å². The quantitative estimate of drug-likeness (QED) is 0.329. The molecule has 5 aromatic rings. The maximum absolute atomic E-state index is 13.4. The van der Waals surface area contributed by atoms with Crippen LogP contribution in [0.3, 0.4) is 0 Å². The van der Waals surface area contributed by atoms with Crippen LogP contribution in [0.4, 0.5) is 8.78 Å². The van der Waals surface area contributed by atoms with Gasteiger partial charge in [-0.25, -0.2) is 13.8 Å². The molecule has 2 aromatic carbocycles. The zero-order chi connectivity index (χ0) is 22.4. The van der Waals surface area contributed by atoms with E-state index in [9.17, 15) is 8.78 Å². The number of rotatable bonds is 4. The topological polar surface area (TPSA) is 47.7 Å². The number of alkyl halides is 2. The van der Waals surface area contributed by atoms with Gasteiger partial charge in [0.2, 0.25) is 0 Å². The molecule has 0 unspecified atom stereocenters. The first-order chi connectivity index (χ1) is 16.0. The highest BCUT2D eigenvalue weighted by molar-refractivity contribution is 5.98. The average molecular weight is 443 g/mol. The Morgan fingerprint density at radius 3 is 2.48 bits per heavy atom. The zero-order valence-electron chi connectivity index (χ0n) is 18.1. The Morgan fingerprint density at radius 1 is 0.879 bits per heavy atom. The summed E-state index contributed by atoms with van der Waals surface area (Å²) in [5, 5.41) is 2.26. The third-order valence-electron chi connectivity index (χ3n) is 6.68. The van der Waals surface area contributed by atoms with E-state index < -0.39 is 5.92 Å². The molecule has 6 rings (SSSR count). The molecule has 0 spiro atoms. The molecule has 2 N–H and O–H groups in total. The Kier molecular flexibility index (Phi) is 4.76. The maximum Gasteiger partial charge on any atom is 0.250 e. The van der Waals surface area contributed by atoms with Crippen LogP contribution in [-0.4, -0.2) is 38.9 Å². The molecule has 3 aromatic heterocycles. The summed E-state index contributed by atoms with van der Waals surface area (Å²) in [4.78, 5) is 13.3. The highest BCUT2D eigenvalue weighted by atomic mass is 19.3. The summed E-state index contributed by atoms with van der Waals surface area (Å²) in [6, 6.07) is 19.0. The molecule has 0 amide bonds. The van der Waals surface area contributed by atoms with Gasteiger partial charge < -0.3 is 9.97 Å². The number of benzene rings is 2. The third kappa shape index (κ3) is 3.91. The normalized spacial score (nSPS) is 16.5. The number of hydrogen-bond donors (Lipinski definition) is 2. The Balaban J connectivity index is 1.26. The molecule has 6 heteroatoms. The Hall–Kier alpha value is -3.51. The first-order valence-electron chi connectivity index (χ1n) is 11.3. The van der Waals surface area contributed by atoms with E-state index in [4.69, 9.17) is 0 Å². The average Bonchev–Trinajstić information content (AvgIpc) is 3.47. The number of likely N-dealkylation sites (tertiary alicyclic amines) is 1. The van der Waals surface area contributed by atoms with Gasteiger partial charge in [-0.05, 0) is 46.3 Å². The molecule has 0 radical (unpaired) electrons. The summed E-state index contributed by atoms with van der Waals surface area (Å²) in [5.74, 6) is -2.50. The van der Waals surface area contributed by atoms with Crippen LogP contribution in [0.1, 0.15) is 18.4 Å². The Labute approximate surface area is 190 Å². The van der Waals surface area contributed by atoms with Crippen LogP contribution in [0.15, 0.2) is 73.2 Å². The monoisotopic (exact) mass is 442 g/mol. The van der Waals surface area contributed by atoms with E-state index in [0.29, 0.717) is 19.6 Å². The van der Waals surface area contributed by atoms with Crippen LogP contribution in [0.5, 0.6) is 0 Å². The van der Waals surface area contributed by atoms with E-state index in [1.165, 1.54) is 5.39 Å². The van der Waals surface area contributed by atoms with E-state index in [2.05, 4.69) is 74.4 Å². The molecule has 4 nitrogen and oxygen atoms in total. The summed E-state index contributed by atoms with van der Waals surface area (Å²) in [7, 11) is 0. The maximum atomic E-state index is 13.4. The van der Waals surface area contributed by atoms with Crippen LogP contribution >= 0.6 is 0 Å². The molecule has 166 valence electrons. The predicted octanol–water partition coefficient (Wildman–Crippen LogP) is 6.61. The van der Waals surface area contributed by atoms with Gasteiger partial charge in [0, 0.05) is 73.1 Å². The molecule has 0 aliphatic carbocycles. The van der Waals surface area contributed by atoms with Gasteiger partial charge in [0.15, 0.2) is 0 Å². The minimum Gasteiger partial charge on any atom is -0.361 e. The van der Waals surface area contributed by atoms with Gasteiger partial charge >= 0.3 is 0 Å². The number of fused-ring (bicyclic) bond motifs is 2. The van der Waals surface area contributed by atoms with Gasteiger partial charge in [0.25, 0.3) is 5.92 Å². The van der Waals surface area contributed by atoms with Crippen molar-refractivity contribution in [3.05, 3.63) is 78.8 Å². The molecule has 1 aliphatic heterocycles. The van der Waals surface area contributed by atoms with E-state index in [-0.39, 0.29) is 12.8 Å². The standard InChI is InChI=1S/C27H24F2N4/c28-27(29)8-11-33(12-9-27)17-18-1-3-19(4-2-18)22-14-23-24(16-32-26(23)31-15-22)20-5-6-25-21(13-20)7-10-30-25/h1-7,10,13-16,30H,8-9,11-12,17H2,(H,31,32). The number of aromatic nitrogens is 3. The number of nitrogens with one attached hydrogen (secondary N) is 2. The van der Waals surface area contributed by atoms with Gasteiger partial charge in [0.05, 0.1) is 0 Å². The number of nitrogens with zero attached hydrogens (tertiary/aromatic N) is 2. The smallest absolute Gasteiger partial charge is 0.250 e. The van der Waals surface area contributed by atoms with E-state index in [0.717, 1.165) is 44.4 Å². The van der Waals surface area contributed by atoms with Crippen molar-refractivity contribution in [2.24, 2.45) is 0 Å². The van der Waals surface area contributed by atoms with E-state index in [1.54, 1.807) is 0 Å². The summed E-state index contributed by atoms with van der Waals surface area (Å²) in [6.45, 7) is 1.59. The lowest BCUT2D eigenvalue weighted by atomic mass is 10.0. The SMILES string of the molecule is FC1(F)CCN(Cc2ccc(-c3cnc4[nH]cc(-c5ccc6[nH]ccc6c5)c4c3)cc2)CC1. The second kappa shape index (κ2) is 7.81. The Bertz CT molecular complexity index is 1420. The molecule has 1 saturated heterocycles. The predicted molar refractivity (Wildman–Crippen MR) is 128 cm³/mol. The number of H-pyrrole nitrogens is 2. The van der Waals surface area contributed by atoms with Crippen LogP contribution < -0.4 is 0 Å². The fourth-order valence-electron chi connectivity index (χ4n) is 4.72. The van der Waals surface area contributed by atoms with Gasteiger partial charge in [-0.1, -0.05) is 30.3 Å². The lowest BCUT2D eigenvalue weighted by Crippen LogP contribution is -2.38. The molecule has 0 bridgehead atoms. The molecule has 0 atom stereocenters.